The molecule has 0 saturated carbocycles. The van der Waals surface area contributed by atoms with E-state index in [-0.39, 0.29) is 0 Å². The Balaban J connectivity index is 1.79. The number of hydrogen-bond acceptors (Lipinski definition) is 3. The lowest BCUT2D eigenvalue weighted by atomic mass is 10.0. The summed E-state index contributed by atoms with van der Waals surface area (Å²) in [7, 11) is 0. The van der Waals surface area contributed by atoms with Crippen molar-refractivity contribution in [2.24, 2.45) is 4.99 Å². The summed E-state index contributed by atoms with van der Waals surface area (Å²) in [5.41, 5.74) is 4.20. The number of carbonyl (C=O) groups is 2. The number of aryl methyl sites for hydroxylation is 1. The molecule has 0 fully saturated rings. The Hall–Kier alpha value is -3.27. The number of rotatable bonds is 7. The van der Waals surface area contributed by atoms with Crippen molar-refractivity contribution in [2.45, 2.75) is 19.8 Å². The zero-order valence-electron chi connectivity index (χ0n) is 15.4. The summed E-state index contributed by atoms with van der Waals surface area (Å²) in [6.07, 6.45) is 7.04. The Bertz CT molecular complexity index is 927. The fraction of sp³-hybridized carbons (Fsp3) is 0.174. The minimum absolute atomic E-state index is 0.437. The van der Waals surface area contributed by atoms with Gasteiger partial charge >= 0.3 is 0 Å². The van der Waals surface area contributed by atoms with Gasteiger partial charge in [-0.15, -0.1) is 0 Å². The number of anilines is 1. The first-order valence-electron chi connectivity index (χ1n) is 8.99. The Kier molecular flexibility index (Phi) is 5.77. The molecule has 3 rings (SSSR count). The van der Waals surface area contributed by atoms with Gasteiger partial charge in [-0.2, -0.15) is 0 Å². The lowest BCUT2D eigenvalue weighted by Crippen LogP contribution is -2.30. The van der Waals surface area contributed by atoms with Crippen molar-refractivity contribution in [1.82, 2.24) is 0 Å². The van der Waals surface area contributed by atoms with Crippen LogP contribution in [0.25, 0.3) is 5.57 Å². The normalized spacial score (nSPS) is 14.1. The molecule has 1 aliphatic rings. The Morgan fingerprint density at radius 1 is 1.15 bits per heavy atom. The van der Waals surface area contributed by atoms with E-state index in [2.05, 4.69) is 23.8 Å². The molecule has 4 heteroatoms. The molecule has 2 aromatic rings. The average Bonchev–Trinajstić information content (AvgIpc) is 2.94. The lowest BCUT2D eigenvalue weighted by molar-refractivity contribution is -0.114. The van der Waals surface area contributed by atoms with Gasteiger partial charge in [-0.3, -0.25) is 14.6 Å². The van der Waals surface area contributed by atoms with Gasteiger partial charge in [0, 0.05) is 12.7 Å². The van der Waals surface area contributed by atoms with Crippen LogP contribution in [0.3, 0.4) is 0 Å². The molecule has 0 aliphatic carbocycles. The van der Waals surface area contributed by atoms with Crippen molar-refractivity contribution in [3.05, 3.63) is 83.6 Å². The number of fused-ring (bicyclic) bond motifs is 1. The van der Waals surface area contributed by atoms with Crippen molar-refractivity contribution in [2.75, 3.05) is 11.4 Å². The van der Waals surface area contributed by atoms with Gasteiger partial charge in [0.25, 0.3) is 11.7 Å². The highest BCUT2D eigenvalue weighted by Crippen LogP contribution is 2.32. The Morgan fingerprint density at radius 3 is 2.63 bits per heavy atom. The molecular weight excluding hydrogens is 336 g/mol. The molecule has 0 spiro atoms. The number of amides is 1. The zero-order valence-corrected chi connectivity index (χ0v) is 15.4. The first-order valence-corrected chi connectivity index (χ1v) is 8.99. The monoisotopic (exact) mass is 358 g/mol. The summed E-state index contributed by atoms with van der Waals surface area (Å²) >= 11 is 0. The third-order valence-electron chi connectivity index (χ3n) is 4.67. The number of carbonyl (C=O) groups excluding carboxylic acids is 2. The van der Waals surface area contributed by atoms with Crippen molar-refractivity contribution >= 4 is 29.7 Å². The van der Waals surface area contributed by atoms with Gasteiger partial charge in [0.05, 0.1) is 11.3 Å². The SMILES string of the molecule is C=N/C=C\C(=C/C)c1ccc2c(c1)C(=O)C(=O)N2CCCc1ccccc1. The zero-order chi connectivity index (χ0) is 19.2. The highest BCUT2D eigenvalue weighted by molar-refractivity contribution is 6.52. The summed E-state index contributed by atoms with van der Waals surface area (Å²) in [4.78, 5) is 30.2. The van der Waals surface area contributed by atoms with Crippen molar-refractivity contribution < 1.29 is 9.59 Å². The average molecular weight is 358 g/mol. The third kappa shape index (κ3) is 3.95. The minimum Gasteiger partial charge on any atom is -0.305 e. The molecule has 27 heavy (non-hydrogen) atoms. The van der Waals surface area contributed by atoms with Gasteiger partial charge < -0.3 is 4.90 Å². The van der Waals surface area contributed by atoms with Crippen molar-refractivity contribution in [1.29, 1.82) is 0 Å². The summed E-state index contributed by atoms with van der Waals surface area (Å²) in [5.74, 6) is -0.881. The number of nitrogens with zero attached hydrogens (tertiary/aromatic N) is 2. The van der Waals surface area contributed by atoms with E-state index in [1.807, 2.05) is 49.4 Å². The van der Waals surface area contributed by atoms with E-state index in [0.717, 1.165) is 24.0 Å². The molecular formula is C23H22N2O2. The second kappa shape index (κ2) is 8.41. The van der Waals surface area contributed by atoms with Crippen LogP contribution in [0.15, 0.2) is 71.9 Å². The number of ketones is 1. The van der Waals surface area contributed by atoms with E-state index in [1.54, 1.807) is 17.2 Å². The van der Waals surface area contributed by atoms with Gasteiger partial charge in [-0.25, -0.2) is 0 Å². The fourth-order valence-corrected chi connectivity index (χ4v) is 3.28. The highest BCUT2D eigenvalue weighted by atomic mass is 16.2. The fourth-order valence-electron chi connectivity index (χ4n) is 3.28. The van der Waals surface area contributed by atoms with Crippen molar-refractivity contribution in [3.8, 4) is 0 Å². The number of aliphatic imine (C=N–C) groups is 1. The standard InChI is InChI=1S/C23H22N2O2/c1-3-18(13-14-24-2)19-11-12-21-20(16-19)22(26)23(27)25(21)15-7-10-17-8-5-4-6-9-17/h3-6,8-9,11-14,16H,2,7,10,15H2,1H3/b14-13-,18-3+. The van der Waals surface area contributed by atoms with Crippen molar-refractivity contribution in [3.63, 3.8) is 0 Å². The van der Waals surface area contributed by atoms with Gasteiger partial charge in [-0.1, -0.05) is 42.5 Å². The molecule has 4 nitrogen and oxygen atoms in total. The summed E-state index contributed by atoms with van der Waals surface area (Å²) in [6.45, 7) is 5.88. The van der Waals surface area contributed by atoms with Crippen LogP contribution in [0.5, 0.6) is 0 Å². The second-order valence-corrected chi connectivity index (χ2v) is 6.35. The Labute approximate surface area is 159 Å². The van der Waals surface area contributed by atoms with E-state index < -0.39 is 11.7 Å². The number of Topliss-reactive ketones (excluding diaryl/α,β-unsaturated/α-hetero) is 1. The summed E-state index contributed by atoms with van der Waals surface area (Å²) < 4.78 is 0. The van der Waals surface area contributed by atoms with Gasteiger partial charge in [0.2, 0.25) is 0 Å². The van der Waals surface area contributed by atoms with Crippen LogP contribution >= 0.6 is 0 Å². The maximum Gasteiger partial charge on any atom is 0.299 e. The second-order valence-electron chi connectivity index (χ2n) is 6.35. The molecule has 0 unspecified atom stereocenters. The maximum absolute atomic E-state index is 12.5. The number of benzene rings is 2. The van der Waals surface area contributed by atoms with Crippen LogP contribution in [0.2, 0.25) is 0 Å². The van der Waals surface area contributed by atoms with E-state index in [1.165, 1.54) is 5.56 Å². The van der Waals surface area contributed by atoms with Crippen LogP contribution in [0, 0.1) is 0 Å². The molecule has 0 N–H and O–H groups in total. The molecule has 1 heterocycles. The number of allylic oxidation sites excluding steroid dienone is 3. The summed E-state index contributed by atoms with van der Waals surface area (Å²) in [6, 6.07) is 15.7. The predicted octanol–water partition coefficient (Wildman–Crippen LogP) is 4.47. The predicted molar refractivity (Wildman–Crippen MR) is 110 cm³/mol. The minimum atomic E-state index is -0.444. The van der Waals surface area contributed by atoms with Crippen LogP contribution < -0.4 is 4.90 Å². The molecule has 0 bridgehead atoms. The molecule has 0 radical (unpaired) electrons. The third-order valence-corrected chi connectivity index (χ3v) is 4.67. The highest BCUT2D eigenvalue weighted by Gasteiger charge is 2.35. The smallest absolute Gasteiger partial charge is 0.299 e. The topological polar surface area (TPSA) is 49.7 Å². The molecule has 0 aromatic heterocycles. The molecule has 136 valence electrons. The van der Waals surface area contributed by atoms with Gasteiger partial charge in [0.15, 0.2) is 0 Å². The largest absolute Gasteiger partial charge is 0.305 e. The molecule has 1 aliphatic heterocycles. The molecule has 0 atom stereocenters. The van der Waals surface area contributed by atoms with Crippen LogP contribution in [-0.4, -0.2) is 25.0 Å². The van der Waals surface area contributed by atoms with E-state index in [9.17, 15) is 9.59 Å². The summed E-state index contributed by atoms with van der Waals surface area (Å²) in [5, 5.41) is 0. The van der Waals surface area contributed by atoms with E-state index in [0.29, 0.717) is 17.8 Å². The van der Waals surface area contributed by atoms with Crippen LogP contribution in [0.1, 0.15) is 34.8 Å². The first-order chi connectivity index (χ1) is 13.2. The number of hydrogen-bond donors (Lipinski definition) is 0. The lowest BCUT2D eigenvalue weighted by Gasteiger charge is -2.16. The van der Waals surface area contributed by atoms with E-state index >= 15 is 0 Å². The van der Waals surface area contributed by atoms with Gasteiger partial charge in [-0.05, 0) is 61.4 Å². The van der Waals surface area contributed by atoms with E-state index in [4.69, 9.17) is 0 Å². The quantitative estimate of drug-likeness (QED) is 0.417. The maximum atomic E-state index is 12.5. The Morgan fingerprint density at radius 2 is 1.93 bits per heavy atom. The first kappa shape index (κ1) is 18.5. The molecule has 2 aromatic carbocycles. The van der Waals surface area contributed by atoms with Crippen LogP contribution in [0.4, 0.5) is 5.69 Å². The van der Waals surface area contributed by atoms with Crippen LogP contribution in [-0.2, 0) is 11.2 Å². The van der Waals surface area contributed by atoms with Gasteiger partial charge in [0.1, 0.15) is 0 Å². The molecule has 1 amide bonds. The molecule has 0 saturated heterocycles.